The molecule has 0 bridgehead atoms. The molecule has 0 aromatic heterocycles. The lowest BCUT2D eigenvalue weighted by atomic mass is 9.92. The van der Waals surface area contributed by atoms with E-state index in [1.54, 1.807) is 0 Å². The van der Waals surface area contributed by atoms with Crippen molar-refractivity contribution in [2.45, 2.75) is 25.3 Å². The SMILES string of the molecule is CC1(CCC=N)C=CN1. The number of nitrogens with one attached hydrogen (secondary N) is 2. The smallest absolute Gasteiger partial charge is 0.0542 e. The van der Waals surface area contributed by atoms with E-state index in [9.17, 15) is 0 Å². The van der Waals surface area contributed by atoms with Crippen LogP contribution in [0.4, 0.5) is 0 Å². The Morgan fingerprint density at radius 1 is 1.78 bits per heavy atom. The van der Waals surface area contributed by atoms with Gasteiger partial charge in [-0.25, -0.2) is 0 Å². The third-order valence-electron chi connectivity index (χ3n) is 1.67. The molecule has 0 fully saturated rings. The third-order valence-corrected chi connectivity index (χ3v) is 1.67. The van der Waals surface area contributed by atoms with Crippen molar-refractivity contribution in [1.82, 2.24) is 5.32 Å². The minimum absolute atomic E-state index is 0.192. The molecule has 1 aliphatic rings. The first-order valence-corrected chi connectivity index (χ1v) is 3.21. The van der Waals surface area contributed by atoms with E-state index in [0.29, 0.717) is 0 Å². The fourth-order valence-corrected chi connectivity index (χ4v) is 0.895. The second kappa shape index (κ2) is 2.21. The van der Waals surface area contributed by atoms with Crippen LogP contribution < -0.4 is 5.32 Å². The second-order valence-electron chi connectivity index (χ2n) is 2.64. The summed E-state index contributed by atoms with van der Waals surface area (Å²) in [7, 11) is 0. The van der Waals surface area contributed by atoms with Gasteiger partial charge in [0.1, 0.15) is 0 Å². The van der Waals surface area contributed by atoms with Crippen LogP contribution in [0.1, 0.15) is 19.8 Å². The first-order valence-electron chi connectivity index (χ1n) is 3.21. The normalized spacial score (nSPS) is 30.8. The van der Waals surface area contributed by atoms with Crippen molar-refractivity contribution < 1.29 is 0 Å². The predicted molar refractivity (Wildman–Crippen MR) is 38.7 cm³/mol. The molecule has 0 amide bonds. The summed E-state index contributed by atoms with van der Waals surface area (Å²) in [6.45, 7) is 2.14. The van der Waals surface area contributed by atoms with E-state index in [0.717, 1.165) is 12.8 Å². The zero-order chi connectivity index (χ0) is 6.74. The Morgan fingerprint density at radius 3 is 2.78 bits per heavy atom. The molecule has 0 aromatic rings. The highest BCUT2D eigenvalue weighted by atomic mass is 15.0. The first kappa shape index (κ1) is 6.33. The Morgan fingerprint density at radius 2 is 2.44 bits per heavy atom. The first-order chi connectivity index (χ1) is 4.27. The number of hydrogen-bond donors (Lipinski definition) is 2. The molecule has 0 spiro atoms. The van der Waals surface area contributed by atoms with Crippen LogP contribution in [-0.4, -0.2) is 11.8 Å². The highest BCUT2D eigenvalue weighted by Gasteiger charge is 2.22. The molecule has 0 radical (unpaired) electrons. The fourth-order valence-electron chi connectivity index (χ4n) is 0.895. The maximum Gasteiger partial charge on any atom is 0.0542 e. The topological polar surface area (TPSA) is 35.9 Å². The third kappa shape index (κ3) is 1.31. The minimum Gasteiger partial charge on any atom is -0.382 e. The summed E-state index contributed by atoms with van der Waals surface area (Å²) in [6, 6.07) is 0. The lowest BCUT2D eigenvalue weighted by molar-refractivity contribution is 0.428. The molecule has 2 N–H and O–H groups in total. The standard InChI is InChI=1S/C7H12N2/c1-7(3-2-5-8)4-6-9-7/h4-6,8-9H,2-3H2,1H3. The predicted octanol–water partition coefficient (Wildman–Crippen LogP) is 1.29. The van der Waals surface area contributed by atoms with Gasteiger partial charge in [0.15, 0.2) is 0 Å². The summed E-state index contributed by atoms with van der Waals surface area (Å²) < 4.78 is 0. The van der Waals surface area contributed by atoms with Gasteiger partial charge in [0.25, 0.3) is 0 Å². The van der Waals surface area contributed by atoms with Crippen molar-refractivity contribution in [1.29, 1.82) is 5.41 Å². The Hall–Kier alpha value is -0.790. The van der Waals surface area contributed by atoms with Crippen molar-refractivity contribution in [2.75, 3.05) is 0 Å². The monoisotopic (exact) mass is 124 g/mol. The van der Waals surface area contributed by atoms with Crippen molar-refractivity contribution in [3.05, 3.63) is 12.3 Å². The Kier molecular flexibility index (Phi) is 1.56. The van der Waals surface area contributed by atoms with Gasteiger partial charge in [0.2, 0.25) is 0 Å². The second-order valence-corrected chi connectivity index (χ2v) is 2.64. The largest absolute Gasteiger partial charge is 0.382 e. The quantitative estimate of drug-likeness (QED) is 0.546. The van der Waals surface area contributed by atoms with Gasteiger partial charge in [0, 0.05) is 0 Å². The van der Waals surface area contributed by atoms with Gasteiger partial charge in [0.05, 0.1) is 5.54 Å². The van der Waals surface area contributed by atoms with Crippen molar-refractivity contribution >= 4 is 6.21 Å². The lowest BCUT2D eigenvalue weighted by Gasteiger charge is -2.33. The van der Waals surface area contributed by atoms with Crippen LogP contribution in [0.3, 0.4) is 0 Å². The summed E-state index contributed by atoms with van der Waals surface area (Å²) >= 11 is 0. The Labute approximate surface area is 55.5 Å². The van der Waals surface area contributed by atoms with Crippen molar-refractivity contribution in [2.24, 2.45) is 0 Å². The number of hydrogen-bond acceptors (Lipinski definition) is 2. The summed E-state index contributed by atoms with van der Waals surface area (Å²) in [5.74, 6) is 0. The zero-order valence-corrected chi connectivity index (χ0v) is 5.65. The maximum atomic E-state index is 6.80. The molecular weight excluding hydrogens is 112 g/mol. The maximum absolute atomic E-state index is 6.80. The van der Waals surface area contributed by atoms with Gasteiger partial charge in [-0.3, -0.25) is 0 Å². The van der Waals surface area contributed by atoms with Crippen LogP contribution in [0.2, 0.25) is 0 Å². The van der Waals surface area contributed by atoms with E-state index in [1.807, 2.05) is 6.20 Å². The molecule has 9 heavy (non-hydrogen) atoms. The van der Waals surface area contributed by atoms with Crippen molar-refractivity contribution in [3.8, 4) is 0 Å². The van der Waals surface area contributed by atoms with Gasteiger partial charge in [-0.05, 0) is 38.3 Å². The van der Waals surface area contributed by atoms with E-state index in [-0.39, 0.29) is 5.54 Å². The highest BCUT2D eigenvalue weighted by Crippen LogP contribution is 2.18. The fraction of sp³-hybridized carbons (Fsp3) is 0.571. The summed E-state index contributed by atoms with van der Waals surface area (Å²) in [4.78, 5) is 0. The average molecular weight is 124 g/mol. The molecule has 0 aliphatic carbocycles. The molecule has 2 nitrogen and oxygen atoms in total. The Bertz CT molecular complexity index is 140. The summed E-state index contributed by atoms with van der Waals surface area (Å²) in [6.07, 6.45) is 7.44. The highest BCUT2D eigenvalue weighted by molar-refractivity contribution is 5.53. The van der Waals surface area contributed by atoms with Crippen LogP contribution in [0.5, 0.6) is 0 Å². The molecule has 0 aromatic carbocycles. The lowest BCUT2D eigenvalue weighted by Crippen LogP contribution is -2.43. The molecule has 50 valence electrons. The molecule has 1 unspecified atom stereocenters. The van der Waals surface area contributed by atoms with Crippen LogP contribution in [0, 0.1) is 5.41 Å². The van der Waals surface area contributed by atoms with Crippen LogP contribution >= 0.6 is 0 Å². The molecular formula is C7H12N2. The van der Waals surface area contributed by atoms with Crippen LogP contribution in [0.25, 0.3) is 0 Å². The molecule has 1 heterocycles. The van der Waals surface area contributed by atoms with E-state index in [4.69, 9.17) is 5.41 Å². The Balaban J connectivity index is 2.26. The molecule has 1 aliphatic heterocycles. The average Bonchev–Trinajstić information content (AvgIpc) is 1.79. The van der Waals surface area contributed by atoms with Crippen LogP contribution in [-0.2, 0) is 0 Å². The summed E-state index contributed by atoms with van der Waals surface area (Å²) in [5.41, 5.74) is 0.192. The van der Waals surface area contributed by atoms with Gasteiger partial charge in [-0.15, -0.1) is 0 Å². The van der Waals surface area contributed by atoms with Crippen LogP contribution in [0.15, 0.2) is 12.3 Å². The van der Waals surface area contributed by atoms with E-state index >= 15 is 0 Å². The van der Waals surface area contributed by atoms with Gasteiger partial charge in [-0.2, -0.15) is 0 Å². The van der Waals surface area contributed by atoms with Gasteiger partial charge < -0.3 is 10.7 Å². The van der Waals surface area contributed by atoms with E-state index in [2.05, 4.69) is 18.3 Å². The molecule has 2 heteroatoms. The molecule has 0 saturated carbocycles. The molecule has 0 saturated heterocycles. The molecule has 1 rings (SSSR count). The van der Waals surface area contributed by atoms with E-state index in [1.165, 1.54) is 6.21 Å². The minimum atomic E-state index is 0.192. The summed E-state index contributed by atoms with van der Waals surface area (Å²) in [5, 5.41) is 9.98. The molecule has 1 atom stereocenters. The number of rotatable bonds is 3. The van der Waals surface area contributed by atoms with Crippen molar-refractivity contribution in [3.63, 3.8) is 0 Å². The van der Waals surface area contributed by atoms with Gasteiger partial charge >= 0.3 is 0 Å². The van der Waals surface area contributed by atoms with E-state index < -0.39 is 0 Å². The zero-order valence-electron chi connectivity index (χ0n) is 5.65. The van der Waals surface area contributed by atoms with Gasteiger partial charge in [-0.1, -0.05) is 0 Å².